The van der Waals surface area contributed by atoms with Crippen LogP contribution in [0.25, 0.3) is 0 Å². The summed E-state index contributed by atoms with van der Waals surface area (Å²) in [6.07, 6.45) is 1.42. The molecule has 0 saturated heterocycles. The molecule has 2 amide bonds. The van der Waals surface area contributed by atoms with Crippen LogP contribution in [0.3, 0.4) is 0 Å². The summed E-state index contributed by atoms with van der Waals surface area (Å²) in [5.41, 5.74) is 1.40. The van der Waals surface area contributed by atoms with Crippen LogP contribution < -0.4 is 10.6 Å². The third kappa shape index (κ3) is 4.29. The van der Waals surface area contributed by atoms with E-state index in [1.165, 1.54) is 6.26 Å². The van der Waals surface area contributed by atoms with Gasteiger partial charge in [-0.1, -0.05) is 33.6 Å². The van der Waals surface area contributed by atoms with Gasteiger partial charge >= 0.3 is 0 Å². The zero-order valence-electron chi connectivity index (χ0n) is 12.8. The van der Waals surface area contributed by atoms with Crippen LogP contribution in [0.5, 0.6) is 0 Å². The molecule has 0 atom stereocenters. The molecule has 25 heavy (non-hydrogen) atoms. The van der Waals surface area contributed by atoms with Crippen molar-refractivity contribution in [3.05, 3.63) is 81.7 Å². The first-order chi connectivity index (χ1) is 12.0. The second-order valence-electron chi connectivity index (χ2n) is 5.09. The fourth-order valence-corrected chi connectivity index (χ4v) is 2.71. The van der Waals surface area contributed by atoms with Gasteiger partial charge in [0.05, 0.1) is 16.8 Å². The number of furan rings is 1. The Morgan fingerprint density at radius 1 is 0.920 bits per heavy atom. The van der Waals surface area contributed by atoms with Crippen LogP contribution >= 0.6 is 27.5 Å². The van der Waals surface area contributed by atoms with Gasteiger partial charge in [0.2, 0.25) is 0 Å². The lowest BCUT2D eigenvalue weighted by molar-refractivity contribution is 0.0995. The Balaban J connectivity index is 1.74. The van der Waals surface area contributed by atoms with Crippen LogP contribution in [-0.4, -0.2) is 11.8 Å². The standard InChI is InChI=1S/C18H12BrClN2O3/c19-11-6-7-15(20)14(9-11)17(23)21-12-3-1-4-13(10-12)22-18(24)16-5-2-8-25-16/h1-10H,(H,21,23)(H,22,24). The van der Waals surface area contributed by atoms with Crippen molar-refractivity contribution in [1.82, 2.24) is 0 Å². The number of rotatable bonds is 4. The minimum absolute atomic E-state index is 0.204. The molecular weight excluding hydrogens is 408 g/mol. The zero-order chi connectivity index (χ0) is 17.8. The molecular formula is C18H12BrClN2O3. The van der Waals surface area contributed by atoms with Gasteiger partial charge in [0.25, 0.3) is 11.8 Å². The molecule has 2 aromatic carbocycles. The summed E-state index contributed by atoms with van der Waals surface area (Å²) in [6, 6.07) is 15.0. The summed E-state index contributed by atoms with van der Waals surface area (Å²) >= 11 is 9.38. The lowest BCUT2D eigenvalue weighted by Crippen LogP contribution is -2.14. The third-order valence-corrected chi connectivity index (χ3v) is 4.12. The predicted octanol–water partition coefficient (Wildman–Crippen LogP) is 5.20. The third-order valence-electron chi connectivity index (χ3n) is 3.30. The van der Waals surface area contributed by atoms with E-state index in [0.29, 0.717) is 22.0 Å². The summed E-state index contributed by atoms with van der Waals surface area (Å²) in [5.74, 6) is -0.514. The molecule has 1 heterocycles. The van der Waals surface area contributed by atoms with Gasteiger partial charge in [-0.2, -0.15) is 0 Å². The molecule has 0 fully saturated rings. The average molecular weight is 420 g/mol. The first-order valence-electron chi connectivity index (χ1n) is 7.24. The molecule has 126 valence electrons. The minimum Gasteiger partial charge on any atom is -0.459 e. The van der Waals surface area contributed by atoms with E-state index in [-0.39, 0.29) is 17.6 Å². The van der Waals surface area contributed by atoms with E-state index < -0.39 is 0 Å². The number of benzene rings is 2. The second-order valence-corrected chi connectivity index (χ2v) is 6.41. The van der Waals surface area contributed by atoms with Crippen molar-refractivity contribution in [2.45, 2.75) is 0 Å². The van der Waals surface area contributed by atoms with Crippen molar-refractivity contribution in [2.24, 2.45) is 0 Å². The smallest absolute Gasteiger partial charge is 0.291 e. The number of hydrogen-bond acceptors (Lipinski definition) is 3. The Morgan fingerprint density at radius 2 is 1.64 bits per heavy atom. The highest BCUT2D eigenvalue weighted by molar-refractivity contribution is 9.10. The van der Waals surface area contributed by atoms with Gasteiger partial charge in [0, 0.05) is 15.8 Å². The van der Waals surface area contributed by atoms with E-state index in [4.69, 9.17) is 16.0 Å². The Labute approximate surface area is 157 Å². The highest BCUT2D eigenvalue weighted by atomic mass is 79.9. The fourth-order valence-electron chi connectivity index (χ4n) is 2.15. The first kappa shape index (κ1) is 17.3. The molecule has 0 aliphatic heterocycles. The fraction of sp³-hybridized carbons (Fsp3) is 0. The van der Waals surface area contributed by atoms with E-state index >= 15 is 0 Å². The Morgan fingerprint density at radius 3 is 2.32 bits per heavy atom. The lowest BCUT2D eigenvalue weighted by Gasteiger charge is -2.09. The number of carbonyl (C=O) groups excluding carboxylic acids is 2. The molecule has 7 heteroatoms. The van der Waals surface area contributed by atoms with Gasteiger partial charge in [0.15, 0.2) is 5.76 Å². The first-order valence-corrected chi connectivity index (χ1v) is 8.41. The molecule has 3 rings (SSSR count). The van der Waals surface area contributed by atoms with Gasteiger partial charge < -0.3 is 15.1 Å². The van der Waals surface area contributed by atoms with Crippen molar-refractivity contribution < 1.29 is 14.0 Å². The molecule has 0 aliphatic carbocycles. The van der Waals surface area contributed by atoms with Gasteiger partial charge in [-0.3, -0.25) is 9.59 Å². The van der Waals surface area contributed by atoms with Gasteiger partial charge in [-0.05, 0) is 48.5 Å². The number of halogens is 2. The zero-order valence-corrected chi connectivity index (χ0v) is 15.1. The van der Waals surface area contributed by atoms with Gasteiger partial charge in [0.1, 0.15) is 0 Å². The molecule has 0 unspecified atom stereocenters. The molecule has 0 aliphatic rings. The van der Waals surface area contributed by atoms with Crippen LogP contribution in [0, 0.1) is 0 Å². The molecule has 0 saturated carbocycles. The maximum absolute atomic E-state index is 12.4. The maximum Gasteiger partial charge on any atom is 0.291 e. The lowest BCUT2D eigenvalue weighted by atomic mass is 10.2. The number of anilines is 2. The molecule has 0 radical (unpaired) electrons. The van der Waals surface area contributed by atoms with Crippen LogP contribution in [0.1, 0.15) is 20.9 Å². The SMILES string of the molecule is O=C(Nc1cccc(NC(=O)c2cc(Br)ccc2Cl)c1)c1ccco1. The van der Waals surface area contributed by atoms with Crippen LogP contribution in [0.15, 0.2) is 69.8 Å². The van der Waals surface area contributed by atoms with Crippen LogP contribution in [0.4, 0.5) is 11.4 Å². The molecule has 0 bridgehead atoms. The minimum atomic E-state index is -0.372. The monoisotopic (exact) mass is 418 g/mol. The topological polar surface area (TPSA) is 71.3 Å². The summed E-state index contributed by atoms with van der Waals surface area (Å²) in [6.45, 7) is 0. The molecule has 5 nitrogen and oxygen atoms in total. The average Bonchev–Trinajstić information content (AvgIpc) is 3.12. The number of nitrogens with one attached hydrogen (secondary N) is 2. The maximum atomic E-state index is 12.4. The van der Waals surface area contributed by atoms with Gasteiger partial charge in [-0.15, -0.1) is 0 Å². The van der Waals surface area contributed by atoms with Gasteiger partial charge in [-0.25, -0.2) is 0 Å². The summed E-state index contributed by atoms with van der Waals surface area (Å²) < 4.78 is 5.80. The Bertz CT molecular complexity index is 926. The summed E-state index contributed by atoms with van der Waals surface area (Å²) in [4.78, 5) is 24.4. The van der Waals surface area contributed by atoms with Crippen LogP contribution in [0.2, 0.25) is 5.02 Å². The molecule has 3 aromatic rings. The molecule has 2 N–H and O–H groups in total. The van der Waals surface area contributed by atoms with E-state index in [9.17, 15) is 9.59 Å². The highest BCUT2D eigenvalue weighted by Crippen LogP contribution is 2.23. The van der Waals surface area contributed by atoms with E-state index in [1.54, 1.807) is 54.6 Å². The second kappa shape index (κ2) is 7.55. The normalized spacial score (nSPS) is 10.3. The Kier molecular flexibility index (Phi) is 5.21. The molecule has 1 aromatic heterocycles. The summed E-state index contributed by atoms with van der Waals surface area (Å²) in [7, 11) is 0. The van der Waals surface area contributed by atoms with Crippen molar-refractivity contribution in [3.63, 3.8) is 0 Å². The van der Waals surface area contributed by atoms with Crippen molar-refractivity contribution >= 4 is 50.7 Å². The van der Waals surface area contributed by atoms with Crippen LogP contribution in [-0.2, 0) is 0 Å². The predicted molar refractivity (Wildman–Crippen MR) is 100 cm³/mol. The quantitative estimate of drug-likeness (QED) is 0.610. The van der Waals surface area contributed by atoms with E-state index in [0.717, 1.165) is 4.47 Å². The van der Waals surface area contributed by atoms with Crippen molar-refractivity contribution in [2.75, 3.05) is 10.6 Å². The van der Waals surface area contributed by atoms with Crippen molar-refractivity contribution in [3.8, 4) is 0 Å². The largest absolute Gasteiger partial charge is 0.459 e. The molecule has 0 spiro atoms. The number of carbonyl (C=O) groups is 2. The number of amides is 2. The number of hydrogen-bond donors (Lipinski definition) is 2. The van der Waals surface area contributed by atoms with E-state index in [2.05, 4.69) is 26.6 Å². The van der Waals surface area contributed by atoms with Crippen molar-refractivity contribution in [1.29, 1.82) is 0 Å². The Hall–Kier alpha value is -2.57. The highest BCUT2D eigenvalue weighted by Gasteiger charge is 2.12. The summed E-state index contributed by atoms with van der Waals surface area (Å²) in [5, 5.41) is 5.81. The van der Waals surface area contributed by atoms with E-state index in [1.807, 2.05) is 0 Å².